The van der Waals surface area contributed by atoms with Crippen molar-refractivity contribution in [2.45, 2.75) is 25.3 Å². The van der Waals surface area contributed by atoms with Gasteiger partial charge in [0.15, 0.2) is 0 Å². The zero-order chi connectivity index (χ0) is 12.3. The Morgan fingerprint density at radius 3 is 2.53 bits per heavy atom. The molecule has 1 aliphatic heterocycles. The number of nitrogens with one attached hydrogen (secondary N) is 1. The number of likely N-dealkylation sites (tertiary alicyclic amines) is 1. The van der Waals surface area contributed by atoms with Gasteiger partial charge in [-0.1, -0.05) is 30.3 Å². The molecule has 2 nitrogen and oxygen atoms in total. The maximum Gasteiger partial charge on any atom is 0.459 e. The van der Waals surface area contributed by atoms with Gasteiger partial charge in [-0.05, 0) is 12.0 Å². The van der Waals surface area contributed by atoms with Crippen molar-refractivity contribution in [1.29, 1.82) is 0 Å². The third-order valence-electron chi connectivity index (χ3n) is 2.98. The van der Waals surface area contributed by atoms with E-state index in [1.165, 1.54) is 0 Å². The molecule has 2 rings (SSSR count). The van der Waals surface area contributed by atoms with E-state index in [1.54, 1.807) is 0 Å². The highest BCUT2D eigenvalue weighted by Crippen LogP contribution is 2.25. The monoisotopic (exact) mass is 244 g/mol. The van der Waals surface area contributed by atoms with E-state index in [0.29, 0.717) is 17.9 Å². The van der Waals surface area contributed by atoms with Gasteiger partial charge in [0.1, 0.15) is 0 Å². The molecular weight excluding hydrogens is 229 g/mol. The quantitative estimate of drug-likeness (QED) is 0.821. The SMILES string of the molecule is FC(F)(F)N1CC[C@H](NCc2ccccc2)C1. The Morgan fingerprint density at radius 1 is 1.24 bits per heavy atom. The van der Waals surface area contributed by atoms with Gasteiger partial charge < -0.3 is 5.32 Å². The number of hydrogen-bond donors (Lipinski definition) is 1. The summed E-state index contributed by atoms with van der Waals surface area (Å²) >= 11 is 0. The van der Waals surface area contributed by atoms with Crippen molar-refractivity contribution >= 4 is 0 Å². The fourth-order valence-electron chi connectivity index (χ4n) is 2.02. The van der Waals surface area contributed by atoms with E-state index in [0.717, 1.165) is 5.56 Å². The lowest BCUT2D eigenvalue weighted by molar-refractivity contribution is -0.238. The average Bonchev–Trinajstić information content (AvgIpc) is 2.76. The molecule has 0 saturated carbocycles. The van der Waals surface area contributed by atoms with Crippen LogP contribution in [-0.4, -0.2) is 30.3 Å². The molecule has 1 fully saturated rings. The largest absolute Gasteiger partial charge is 0.459 e. The molecule has 0 radical (unpaired) electrons. The molecule has 0 unspecified atom stereocenters. The molecule has 0 aliphatic carbocycles. The summed E-state index contributed by atoms with van der Waals surface area (Å²) in [5.74, 6) is 0. The number of alkyl halides is 3. The van der Waals surface area contributed by atoms with Gasteiger partial charge in [0.05, 0.1) is 0 Å². The van der Waals surface area contributed by atoms with Crippen LogP contribution >= 0.6 is 0 Å². The predicted octanol–water partition coefficient (Wildman–Crippen LogP) is 2.37. The Hall–Kier alpha value is -1.07. The van der Waals surface area contributed by atoms with Crippen molar-refractivity contribution in [1.82, 2.24) is 10.2 Å². The molecular formula is C12H15F3N2. The molecule has 94 valence electrons. The van der Waals surface area contributed by atoms with Gasteiger partial charge in [-0.15, -0.1) is 0 Å². The first-order valence-electron chi connectivity index (χ1n) is 5.65. The lowest BCUT2D eigenvalue weighted by atomic mass is 10.2. The number of benzene rings is 1. The van der Waals surface area contributed by atoms with Crippen LogP contribution < -0.4 is 5.32 Å². The molecule has 1 heterocycles. The Balaban J connectivity index is 1.79. The van der Waals surface area contributed by atoms with Crippen LogP contribution in [0.25, 0.3) is 0 Å². The van der Waals surface area contributed by atoms with Gasteiger partial charge in [-0.3, -0.25) is 0 Å². The molecule has 1 aromatic rings. The molecule has 17 heavy (non-hydrogen) atoms. The standard InChI is InChI=1S/C12H15F3N2/c13-12(14,15)17-7-6-11(9-17)16-8-10-4-2-1-3-5-10/h1-5,11,16H,6-9H2/t11-/m0/s1. The van der Waals surface area contributed by atoms with E-state index < -0.39 is 6.30 Å². The third-order valence-corrected chi connectivity index (χ3v) is 2.98. The highest BCUT2D eigenvalue weighted by molar-refractivity contribution is 5.14. The Bertz CT molecular complexity index is 351. The fraction of sp³-hybridized carbons (Fsp3) is 0.500. The van der Waals surface area contributed by atoms with Crippen LogP contribution in [-0.2, 0) is 6.54 Å². The molecule has 0 spiro atoms. The molecule has 1 aromatic carbocycles. The first-order valence-corrected chi connectivity index (χ1v) is 5.65. The minimum Gasteiger partial charge on any atom is -0.309 e. The van der Waals surface area contributed by atoms with Crippen LogP contribution in [0.4, 0.5) is 13.2 Å². The van der Waals surface area contributed by atoms with E-state index in [-0.39, 0.29) is 19.1 Å². The Morgan fingerprint density at radius 2 is 1.94 bits per heavy atom. The van der Waals surface area contributed by atoms with Crippen LogP contribution in [0.15, 0.2) is 30.3 Å². The van der Waals surface area contributed by atoms with E-state index in [4.69, 9.17) is 0 Å². The van der Waals surface area contributed by atoms with E-state index in [2.05, 4.69) is 5.32 Å². The lowest BCUT2D eigenvalue weighted by Gasteiger charge is -2.19. The first-order chi connectivity index (χ1) is 8.05. The van der Waals surface area contributed by atoms with Crippen molar-refractivity contribution in [3.8, 4) is 0 Å². The molecule has 0 bridgehead atoms. The molecule has 1 saturated heterocycles. The minimum absolute atomic E-state index is 0.0519. The van der Waals surface area contributed by atoms with Crippen molar-refractivity contribution < 1.29 is 13.2 Å². The smallest absolute Gasteiger partial charge is 0.309 e. The Kier molecular flexibility index (Phi) is 3.69. The number of hydrogen-bond acceptors (Lipinski definition) is 2. The molecule has 1 atom stereocenters. The molecule has 5 heteroatoms. The van der Waals surface area contributed by atoms with Crippen molar-refractivity contribution in [2.75, 3.05) is 13.1 Å². The average molecular weight is 244 g/mol. The van der Waals surface area contributed by atoms with E-state index >= 15 is 0 Å². The summed E-state index contributed by atoms with van der Waals surface area (Å²) in [6.07, 6.45) is -3.64. The summed E-state index contributed by atoms with van der Waals surface area (Å²) in [4.78, 5) is 0.565. The molecule has 0 amide bonds. The van der Waals surface area contributed by atoms with Crippen molar-refractivity contribution in [3.05, 3.63) is 35.9 Å². The van der Waals surface area contributed by atoms with Crippen LogP contribution in [0.3, 0.4) is 0 Å². The topological polar surface area (TPSA) is 15.3 Å². The van der Waals surface area contributed by atoms with Crippen LogP contribution in [0, 0.1) is 0 Å². The van der Waals surface area contributed by atoms with E-state index in [1.807, 2.05) is 30.3 Å². The van der Waals surface area contributed by atoms with E-state index in [9.17, 15) is 13.2 Å². The number of rotatable bonds is 3. The summed E-state index contributed by atoms with van der Waals surface area (Å²) in [6.45, 7) is 0.767. The predicted molar refractivity (Wildman–Crippen MR) is 59.3 cm³/mol. The van der Waals surface area contributed by atoms with Gasteiger partial charge in [0.25, 0.3) is 0 Å². The Labute approximate surface area is 98.4 Å². The zero-order valence-corrected chi connectivity index (χ0v) is 9.37. The maximum atomic E-state index is 12.4. The number of nitrogens with zero attached hydrogens (tertiary/aromatic N) is 1. The first kappa shape index (κ1) is 12.4. The maximum absolute atomic E-state index is 12.4. The van der Waals surface area contributed by atoms with Gasteiger partial charge in [0.2, 0.25) is 0 Å². The minimum atomic E-state index is -4.19. The summed E-state index contributed by atoms with van der Waals surface area (Å²) in [7, 11) is 0. The van der Waals surface area contributed by atoms with Gasteiger partial charge in [0, 0.05) is 25.7 Å². The molecule has 1 N–H and O–H groups in total. The zero-order valence-electron chi connectivity index (χ0n) is 9.37. The summed E-state index contributed by atoms with van der Waals surface area (Å²) in [6, 6.07) is 9.62. The van der Waals surface area contributed by atoms with Crippen molar-refractivity contribution in [2.24, 2.45) is 0 Å². The summed E-state index contributed by atoms with van der Waals surface area (Å²) in [5, 5.41) is 3.16. The fourth-order valence-corrected chi connectivity index (χ4v) is 2.02. The highest BCUT2D eigenvalue weighted by atomic mass is 19.4. The van der Waals surface area contributed by atoms with Crippen molar-refractivity contribution in [3.63, 3.8) is 0 Å². The second-order valence-electron chi connectivity index (χ2n) is 4.27. The van der Waals surface area contributed by atoms with Gasteiger partial charge in [-0.2, -0.15) is 13.2 Å². The third kappa shape index (κ3) is 3.44. The lowest BCUT2D eigenvalue weighted by Crippen LogP contribution is -2.39. The molecule has 0 aromatic heterocycles. The second-order valence-corrected chi connectivity index (χ2v) is 4.27. The normalized spacial score (nSPS) is 21.9. The molecule has 1 aliphatic rings. The van der Waals surface area contributed by atoms with Crippen LogP contribution in [0.1, 0.15) is 12.0 Å². The van der Waals surface area contributed by atoms with Crippen LogP contribution in [0.5, 0.6) is 0 Å². The number of halogens is 3. The van der Waals surface area contributed by atoms with Gasteiger partial charge in [-0.25, -0.2) is 4.90 Å². The summed E-state index contributed by atoms with van der Waals surface area (Å²) < 4.78 is 37.2. The van der Waals surface area contributed by atoms with Crippen LogP contribution in [0.2, 0.25) is 0 Å². The second kappa shape index (κ2) is 5.06. The summed E-state index contributed by atoms with van der Waals surface area (Å²) in [5.41, 5.74) is 1.10. The highest BCUT2D eigenvalue weighted by Gasteiger charge is 2.41. The van der Waals surface area contributed by atoms with Gasteiger partial charge >= 0.3 is 6.30 Å².